The average Bonchev–Trinajstić information content (AvgIpc) is 3.40. The van der Waals surface area contributed by atoms with Crippen molar-refractivity contribution in [2.24, 2.45) is 0 Å². The predicted molar refractivity (Wildman–Crippen MR) is 142 cm³/mol. The summed E-state index contributed by atoms with van der Waals surface area (Å²) in [6.45, 7) is 7.52. The fourth-order valence-corrected chi connectivity index (χ4v) is 5.02. The average molecular weight is 514 g/mol. The van der Waals surface area contributed by atoms with Crippen LogP contribution in [0.4, 0.5) is 17.5 Å². The van der Waals surface area contributed by atoms with Gasteiger partial charge in [0.1, 0.15) is 17.0 Å². The number of anilines is 3. The molecule has 4 heterocycles. The molecule has 1 saturated heterocycles. The van der Waals surface area contributed by atoms with Gasteiger partial charge in [-0.15, -0.1) is 12.4 Å². The molecule has 1 aliphatic carbocycles. The lowest BCUT2D eigenvalue weighted by Crippen LogP contribution is -2.43. The van der Waals surface area contributed by atoms with Crippen molar-refractivity contribution in [1.29, 1.82) is 0 Å². The summed E-state index contributed by atoms with van der Waals surface area (Å²) in [5.41, 5.74) is 1.88. The Labute approximate surface area is 215 Å². The molecule has 10 nitrogen and oxygen atoms in total. The monoisotopic (exact) mass is 513 g/mol. The normalized spacial score (nSPS) is 16.1. The fraction of sp³-hybridized carbons (Fsp3) is 0.480. The number of hydrogen-bond donors (Lipinski definition) is 2. The highest BCUT2D eigenvalue weighted by atomic mass is 35.5. The van der Waals surface area contributed by atoms with Crippen molar-refractivity contribution < 1.29 is 9.53 Å². The van der Waals surface area contributed by atoms with Crippen LogP contribution >= 0.6 is 12.4 Å². The van der Waals surface area contributed by atoms with Gasteiger partial charge in [-0.25, -0.2) is 14.8 Å². The Kier molecular flexibility index (Phi) is 8.05. The summed E-state index contributed by atoms with van der Waals surface area (Å²) in [6, 6.07) is 3.94. The lowest BCUT2D eigenvalue weighted by molar-refractivity contribution is 0.0522. The van der Waals surface area contributed by atoms with Crippen molar-refractivity contribution in [3.63, 3.8) is 0 Å². The SMILES string of the molecule is CCOC(=O)c1c(C)c2cnc(Nc3ccc(N4CCNCC4)cn3)nc2n(C2CCCC2)c1=O.Cl. The van der Waals surface area contributed by atoms with Crippen LogP contribution in [0.3, 0.4) is 0 Å². The Morgan fingerprint density at radius 1 is 1.17 bits per heavy atom. The standard InChI is InChI=1S/C25H31N7O3.ClH/c1-3-35-24(34)21-16(2)19-15-28-25(30-22(19)32(23(21)33)17-6-4-5-7-17)29-20-9-8-18(14-27-20)31-12-10-26-11-13-31;/h8-9,14-15,17,26H,3-7,10-13H2,1-2H3,(H,27,28,29,30);1H. The highest BCUT2D eigenvalue weighted by Crippen LogP contribution is 2.32. The van der Waals surface area contributed by atoms with Crippen LogP contribution in [0.5, 0.6) is 0 Å². The summed E-state index contributed by atoms with van der Waals surface area (Å²) < 4.78 is 6.87. The van der Waals surface area contributed by atoms with E-state index in [1.54, 1.807) is 24.6 Å². The number of carbonyl (C=O) groups excluding carboxylic acids is 1. The zero-order valence-corrected chi connectivity index (χ0v) is 21.4. The molecule has 5 rings (SSSR count). The van der Waals surface area contributed by atoms with Gasteiger partial charge in [0.05, 0.1) is 18.5 Å². The number of halogens is 1. The van der Waals surface area contributed by atoms with Gasteiger partial charge in [-0.05, 0) is 44.4 Å². The number of nitrogens with zero attached hydrogens (tertiary/aromatic N) is 5. The summed E-state index contributed by atoms with van der Waals surface area (Å²) >= 11 is 0. The van der Waals surface area contributed by atoms with Gasteiger partial charge in [-0.3, -0.25) is 9.36 Å². The molecule has 192 valence electrons. The van der Waals surface area contributed by atoms with E-state index in [0.717, 1.165) is 57.5 Å². The number of pyridine rings is 2. The van der Waals surface area contributed by atoms with E-state index in [0.29, 0.717) is 28.4 Å². The van der Waals surface area contributed by atoms with Crippen molar-refractivity contribution >= 4 is 46.9 Å². The quantitative estimate of drug-likeness (QED) is 0.479. The number of esters is 1. The first kappa shape index (κ1) is 25.8. The molecule has 0 aromatic carbocycles. The van der Waals surface area contributed by atoms with Crippen LogP contribution in [0.15, 0.2) is 29.3 Å². The number of fused-ring (bicyclic) bond motifs is 1. The molecule has 0 amide bonds. The molecule has 36 heavy (non-hydrogen) atoms. The van der Waals surface area contributed by atoms with Crippen LogP contribution in [-0.4, -0.2) is 58.3 Å². The molecule has 3 aromatic heterocycles. The summed E-state index contributed by atoms with van der Waals surface area (Å²) in [7, 11) is 0. The first-order chi connectivity index (χ1) is 17.1. The van der Waals surface area contributed by atoms with Gasteiger partial charge in [0.15, 0.2) is 0 Å². The number of hydrogen-bond acceptors (Lipinski definition) is 9. The lowest BCUT2D eigenvalue weighted by atomic mass is 10.1. The Balaban J connectivity index is 0.00000304. The number of carbonyl (C=O) groups is 1. The number of aromatic nitrogens is 4. The fourth-order valence-electron chi connectivity index (χ4n) is 5.02. The molecule has 2 N–H and O–H groups in total. The second-order valence-corrected chi connectivity index (χ2v) is 9.03. The molecule has 1 aliphatic heterocycles. The van der Waals surface area contributed by atoms with Gasteiger partial charge in [0.25, 0.3) is 5.56 Å². The molecular formula is C25H32ClN7O3. The molecule has 2 aliphatic rings. The topological polar surface area (TPSA) is 114 Å². The third-order valence-electron chi connectivity index (χ3n) is 6.85. The number of ether oxygens (including phenoxy) is 1. The highest BCUT2D eigenvalue weighted by molar-refractivity contribution is 5.96. The predicted octanol–water partition coefficient (Wildman–Crippen LogP) is 3.36. The van der Waals surface area contributed by atoms with Crippen molar-refractivity contribution in [3.05, 3.63) is 46.0 Å². The first-order valence-electron chi connectivity index (χ1n) is 12.3. The Bertz CT molecular complexity index is 1280. The van der Waals surface area contributed by atoms with E-state index < -0.39 is 5.97 Å². The van der Waals surface area contributed by atoms with E-state index in [9.17, 15) is 9.59 Å². The van der Waals surface area contributed by atoms with Gasteiger partial charge in [-0.1, -0.05) is 12.8 Å². The van der Waals surface area contributed by atoms with Crippen molar-refractivity contribution in [3.8, 4) is 0 Å². The molecule has 3 aromatic rings. The maximum atomic E-state index is 13.5. The summed E-state index contributed by atoms with van der Waals surface area (Å²) in [4.78, 5) is 42.2. The minimum absolute atomic E-state index is 0. The molecule has 11 heteroatoms. The summed E-state index contributed by atoms with van der Waals surface area (Å²) in [5.74, 6) is 0.381. The minimum Gasteiger partial charge on any atom is -0.462 e. The molecule has 0 spiro atoms. The molecule has 1 saturated carbocycles. The second-order valence-electron chi connectivity index (χ2n) is 9.03. The van der Waals surface area contributed by atoms with Crippen LogP contribution in [-0.2, 0) is 4.74 Å². The molecule has 0 radical (unpaired) electrons. The Morgan fingerprint density at radius 2 is 1.92 bits per heavy atom. The summed E-state index contributed by atoms with van der Waals surface area (Å²) in [5, 5.41) is 7.19. The van der Waals surface area contributed by atoms with Crippen LogP contribution in [0.2, 0.25) is 0 Å². The smallest absolute Gasteiger partial charge is 0.344 e. The molecule has 0 atom stereocenters. The number of piperazine rings is 1. The maximum Gasteiger partial charge on any atom is 0.344 e. The highest BCUT2D eigenvalue weighted by Gasteiger charge is 2.27. The Hall–Kier alpha value is -3.24. The third-order valence-corrected chi connectivity index (χ3v) is 6.85. The first-order valence-corrected chi connectivity index (χ1v) is 12.3. The molecular weight excluding hydrogens is 482 g/mol. The van der Waals surface area contributed by atoms with Crippen molar-refractivity contribution in [2.75, 3.05) is 43.0 Å². The Morgan fingerprint density at radius 3 is 2.58 bits per heavy atom. The van der Waals surface area contributed by atoms with Crippen LogP contribution in [0, 0.1) is 6.92 Å². The van der Waals surface area contributed by atoms with Crippen molar-refractivity contribution in [2.45, 2.75) is 45.6 Å². The summed E-state index contributed by atoms with van der Waals surface area (Å²) in [6.07, 6.45) is 7.35. The van der Waals surface area contributed by atoms with E-state index in [-0.39, 0.29) is 36.2 Å². The van der Waals surface area contributed by atoms with E-state index in [2.05, 4.69) is 25.5 Å². The molecule has 0 unspecified atom stereocenters. The second kappa shape index (κ2) is 11.2. The van der Waals surface area contributed by atoms with Gasteiger partial charge in [-0.2, -0.15) is 4.98 Å². The van der Waals surface area contributed by atoms with E-state index in [4.69, 9.17) is 9.72 Å². The van der Waals surface area contributed by atoms with Gasteiger partial charge < -0.3 is 20.3 Å². The minimum atomic E-state index is -0.598. The number of rotatable bonds is 6. The van der Waals surface area contributed by atoms with Crippen LogP contribution in [0.1, 0.15) is 54.6 Å². The zero-order valence-electron chi connectivity index (χ0n) is 20.6. The molecule has 0 bridgehead atoms. The lowest BCUT2D eigenvalue weighted by Gasteiger charge is -2.29. The molecule has 2 fully saturated rings. The van der Waals surface area contributed by atoms with Gasteiger partial charge in [0, 0.05) is 43.8 Å². The van der Waals surface area contributed by atoms with E-state index in [1.165, 1.54) is 0 Å². The van der Waals surface area contributed by atoms with Crippen LogP contribution < -0.4 is 21.1 Å². The van der Waals surface area contributed by atoms with Gasteiger partial charge in [0.2, 0.25) is 5.95 Å². The van der Waals surface area contributed by atoms with Gasteiger partial charge >= 0.3 is 5.97 Å². The van der Waals surface area contributed by atoms with Crippen molar-refractivity contribution in [1.82, 2.24) is 24.8 Å². The largest absolute Gasteiger partial charge is 0.462 e. The zero-order chi connectivity index (χ0) is 24.4. The third kappa shape index (κ3) is 5.01. The number of nitrogens with one attached hydrogen (secondary N) is 2. The van der Waals surface area contributed by atoms with E-state index in [1.807, 2.05) is 18.3 Å². The van der Waals surface area contributed by atoms with E-state index >= 15 is 0 Å². The maximum absolute atomic E-state index is 13.5. The number of aryl methyl sites for hydroxylation is 1. The van der Waals surface area contributed by atoms with Crippen LogP contribution in [0.25, 0.3) is 11.0 Å².